The van der Waals surface area contributed by atoms with Crippen molar-refractivity contribution in [2.75, 3.05) is 5.32 Å². The van der Waals surface area contributed by atoms with Gasteiger partial charge in [0.05, 0.1) is 10.6 Å². The number of amides is 1. The molecule has 0 aliphatic heterocycles. The number of halogens is 1. The number of hydrogen-bond donors (Lipinski definition) is 1. The quantitative estimate of drug-likeness (QED) is 0.458. The van der Waals surface area contributed by atoms with Crippen molar-refractivity contribution < 1.29 is 9.72 Å². The van der Waals surface area contributed by atoms with Crippen LogP contribution in [0.3, 0.4) is 0 Å². The molecule has 144 valence electrons. The summed E-state index contributed by atoms with van der Waals surface area (Å²) in [5.41, 5.74) is 1.23. The van der Waals surface area contributed by atoms with E-state index >= 15 is 0 Å². The van der Waals surface area contributed by atoms with Gasteiger partial charge in [-0.25, -0.2) is 0 Å². The summed E-state index contributed by atoms with van der Waals surface area (Å²) in [5.74, 6) is -0.315. The molecule has 7 nitrogen and oxygen atoms in total. The normalized spacial score (nSPS) is 10.7. The molecule has 3 aromatic rings. The lowest BCUT2D eigenvalue weighted by atomic mass is 10.3. The second-order valence-corrected chi connectivity index (χ2v) is 7.59. The first-order chi connectivity index (χ1) is 13.3. The third kappa shape index (κ3) is 4.52. The molecular weight excluding hydrogens is 400 g/mol. The van der Waals surface area contributed by atoms with Gasteiger partial charge in [0.1, 0.15) is 17.9 Å². The molecule has 1 amide bonds. The number of nitrogens with one attached hydrogen (secondary N) is 1. The van der Waals surface area contributed by atoms with Crippen molar-refractivity contribution in [3.63, 3.8) is 0 Å². The average molecular weight is 417 g/mol. The van der Waals surface area contributed by atoms with Crippen LogP contribution in [0.4, 0.5) is 11.4 Å². The van der Waals surface area contributed by atoms with Gasteiger partial charge in [-0.15, -0.1) is 0 Å². The Morgan fingerprint density at radius 3 is 2.54 bits per heavy atom. The summed E-state index contributed by atoms with van der Waals surface area (Å²) >= 11 is 7.42. The minimum atomic E-state index is -0.482. The number of para-hydroxylation sites is 1. The van der Waals surface area contributed by atoms with Gasteiger partial charge in [-0.1, -0.05) is 35.5 Å². The summed E-state index contributed by atoms with van der Waals surface area (Å²) in [5, 5.41) is 18.7. The van der Waals surface area contributed by atoms with E-state index in [1.165, 1.54) is 16.4 Å². The third-order valence-electron chi connectivity index (χ3n) is 4.02. The van der Waals surface area contributed by atoms with Crippen LogP contribution in [0.25, 0.3) is 0 Å². The van der Waals surface area contributed by atoms with Crippen LogP contribution in [0.5, 0.6) is 0 Å². The van der Waals surface area contributed by atoms with Gasteiger partial charge >= 0.3 is 5.69 Å². The Morgan fingerprint density at radius 1 is 1.21 bits per heavy atom. The molecule has 0 unspecified atom stereocenters. The van der Waals surface area contributed by atoms with Crippen molar-refractivity contribution in [3.05, 3.63) is 75.1 Å². The van der Waals surface area contributed by atoms with Crippen LogP contribution < -0.4 is 5.32 Å². The van der Waals surface area contributed by atoms with Crippen LogP contribution in [0, 0.1) is 24.0 Å². The van der Waals surface area contributed by atoms with Crippen LogP contribution in [-0.4, -0.2) is 20.6 Å². The van der Waals surface area contributed by atoms with E-state index < -0.39 is 4.92 Å². The molecule has 0 spiro atoms. The van der Waals surface area contributed by atoms with Gasteiger partial charge in [-0.3, -0.25) is 19.6 Å². The molecule has 1 aromatic heterocycles. The smallest absolute Gasteiger partial charge is 0.312 e. The maximum Gasteiger partial charge on any atom is 0.312 e. The van der Waals surface area contributed by atoms with E-state index in [2.05, 4.69) is 10.4 Å². The lowest BCUT2D eigenvalue weighted by Crippen LogP contribution is -2.20. The summed E-state index contributed by atoms with van der Waals surface area (Å²) in [6.45, 7) is 3.02. The lowest BCUT2D eigenvalue weighted by molar-refractivity contribution is -0.386. The first kappa shape index (κ1) is 19.9. The molecule has 0 bridgehead atoms. The van der Waals surface area contributed by atoms with Crippen LogP contribution in [0.2, 0.25) is 5.02 Å². The first-order valence-corrected chi connectivity index (χ1v) is 9.55. The summed E-state index contributed by atoms with van der Waals surface area (Å²) < 4.78 is 1.34. The molecule has 3 rings (SSSR count). The van der Waals surface area contributed by atoms with Gasteiger partial charge in [0, 0.05) is 14.8 Å². The molecule has 0 aliphatic rings. The SMILES string of the molecule is Cc1nn(CC(=O)Nc2ccccc2Sc2ccc(Cl)cc2)c(C)c1[N+](=O)[O-]. The largest absolute Gasteiger partial charge is 0.323 e. The molecule has 0 fully saturated rings. The predicted octanol–water partition coefficient (Wildman–Crippen LogP) is 4.85. The number of aryl methyl sites for hydroxylation is 1. The average Bonchev–Trinajstić information content (AvgIpc) is 2.92. The summed E-state index contributed by atoms with van der Waals surface area (Å²) in [4.78, 5) is 25.0. The van der Waals surface area contributed by atoms with Crippen molar-refractivity contribution in [2.45, 2.75) is 30.2 Å². The fourth-order valence-corrected chi connectivity index (χ4v) is 3.75. The second kappa shape index (κ2) is 8.45. The fourth-order valence-electron chi connectivity index (χ4n) is 2.72. The standard InChI is InChI=1S/C19H17ClN4O3S/c1-12-19(24(26)27)13(2)23(22-12)11-18(25)21-16-5-3-4-6-17(16)28-15-9-7-14(20)8-10-15/h3-10H,11H2,1-2H3,(H,21,25). The Labute approximate surface area is 170 Å². The number of rotatable bonds is 6. The number of nitro groups is 1. The first-order valence-electron chi connectivity index (χ1n) is 8.36. The summed E-state index contributed by atoms with van der Waals surface area (Å²) in [7, 11) is 0. The number of hydrogen-bond acceptors (Lipinski definition) is 5. The third-order valence-corrected chi connectivity index (χ3v) is 5.36. The van der Waals surface area contributed by atoms with Gasteiger partial charge in [-0.05, 0) is 50.2 Å². The van der Waals surface area contributed by atoms with E-state index in [1.54, 1.807) is 32.0 Å². The molecule has 0 atom stereocenters. The summed E-state index contributed by atoms with van der Waals surface area (Å²) in [6.07, 6.45) is 0. The summed E-state index contributed by atoms with van der Waals surface area (Å²) in [6, 6.07) is 14.8. The molecule has 0 saturated carbocycles. The number of aromatic nitrogens is 2. The van der Waals surface area contributed by atoms with Gasteiger partial charge in [0.2, 0.25) is 5.91 Å². The molecule has 0 radical (unpaired) electrons. The zero-order valence-electron chi connectivity index (χ0n) is 15.2. The van der Waals surface area contributed by atoms with Crippen molar-refractivity contribution in [3.8, 4) is 0 Å². The Hall–Kier alpha value is -2.84. The molecule has 0 aliphatic carbocycles. The number of nitrogens with zero attached hydrogens (tertiary/aromatic N) is 3. The Kier molecular flexibility index (Phi) is 6.01. The second-order valence-electron chi connectivity index (χ2n) is 6.03. The Balaban J connectivity index is 1.75. The highest BCUT2D eigenvalue weighted by Crippen LogP contribution is 2.34. The minimum absolute atomic E-state index is 0.0634. The zero-order chi connectivity index (χ0) is 20.3. The maximum absolute atomic E-state index is 12.5. The number of carbonyl (C=O) groups is 1. The minimum Gasteiger partial charge on any atom is -0.323 e. The molecule has 0 saturated heterocycles. The van der Waals surface area contributed by atoms with E-state index in [-0.39, 0.29) is 23.8 Å². The number of benzene rings is 2. The van der Waals surface area contributed by atoms with E-state index in [9.17, 15) is 14.9 Å². The van der Waals surface area contributed by atoms with E-state index in [0.717, 1.165) is 9.79 Å². The highest BCUT2D eigenvalue weighted by Gasteiger charge is 2.22. The zero-order valence-corrected chi connectivity index (χ0v) is 16.8. The van der Waals surface area contributed by atoms with Gasteiger partial charge in [-0.2, -0.15) is 5.10 Å². The van der Waals surface area contributed by atoms with Crippen molar-refractivity contribution in [1.29, 1.82) is 0 Å². The maximum atomic E-state index is 12.5. The molecule has 9 heteroatoms. The van der Waals surface area contributed by atoms with Gasteiger partial charge in [0.15, 0.2) is 0 Å². The molecule has 2 aromatic carbocycles. The Morgan fingerprint density at radius 2 is 1.89 bits per heavy atom. The van der Waals surface area contributed by atoms with E-state index in [1.807, 2.05) is 30.3 Å². The van der Waals surface area contributed by atoms with Crippen molar-refractivity contribution >= 4 is 40.6 Å². The van der Waals surface area contributed by atoms with Crippen LogP contribution in [-0.2, 0) is 11.3 Å². The van der Waals surface area contributed by atoms with Gasteiger partial charge in [0.25, 0.3) is 0 Å². The number of carbonyl (C=O) groups excluding carboxylic acids is 1. The van der Waals surface area contributed by atoms with E-state index in [4.69, 9.17) is 11.6 Å². The predicted molar refractivity (Wildman–Crippen MR) is 109 cm³/mol. The highest BCUT2D eigenvalue weighted by atomic mass is 35.5. The fraction of sp³-hybridized carbons (Fsp3) is 0.158. The number of anilines is 1. The molecule has 1 heterocycles. The van der Waals surface area contributed by atoms with Crippen molar-refractivity contribution in [2.24, 2.45) is 0 Å². The molecule has 28 heavy (non-hydrogen) atoms. The molecular formula is C19H17ClN4O3S. The topological polar surface area (TPSA) is 90.1 Å². The highest BCUT2D eigenvalue weighted by molar-refractivity contribution is 7.99. The lowest BCUT2D eigenvalue weighted by Gasteiger charge is -2.11. The van der Waals surface area contributed by atoms with E-state index in [0.29, 0.717) is 16.4 Å². The van der Waals surface area contributed by atoms with Crippen LogP contribution in [0.15, 0.2) is 58.3 Å². The van der Waals surface area contributed by atoms with Crippen LogP contribution in [0.1, 0.15) is 11.4 Å². The Bertz CT molecular complexity index is 1030. The molecule has 1 N–H and O–H groups in total. The van der Waals surface area contributed by atoms with Gasteiger partial charge < -0.3 is 5.32 Å². The van der Waals surface area contributed by atoms with Crippen molar-refractivity contribution in [1.82, 2.24) is 9.78 Å². The monoisotopic (exact) mass is 416 g/mol. The van der Waals surface area contributed by atoms with Crippen LogP contribution >= 0.6 is 23.4 Å².